The second-order valence-corrected chi connectivity index (χ2v) is 11.2. The molecule has 196 valence electrons. The summed E-state index contributed by atoms with van der Waals surface area (Å²) >= 11 is 0. The Morgan fingerprint density at radius 1 is 0.486 bits per heavy atom. The van der Waals surface area contributed by atoms with E-state index >= 15 is 0 Å². The number of hydrogen-bond acceptors (Lipinski definition) is 0. The third-order valence-corrected chi connectivity index (χ3v) is 8.91. The monoisotopic (exact) mass is 554 g/mol. The summed E-state index contributed by atoms with van der Waals surface area (Å²) in [5.74, 6) is 4.23. The molecule has 0 aliphatic heterocycles. The second-order valence-electron chi connectivity index (χ2n) is 11.2. The summed E-state index contributed by atoms with van der Waals surface area (Å²) in [5, 5.41) is 0. The van der Waals surface area contributed by atoms with Crippen molar-refractivity contribution in [2.24, 2.45) is 0 Å². The molecule has 1 heteroatoms. The largest absolute Gasteiger partial charge is 2.00 e. The molecule has 0 radical (unpaired) electrons. The van der Waals surface area contributed by atoms with Crippen LogP contribution in [0.4, 0.5) is 0 Å². The molecule has 0 amide bonds. The molecule has 2 aromatic carbocycles. The van der Waals surface area contributed by atoms with Gasteiger partial charge >= 0.3 is 45.5 Å². The van der Waals surface area contributed by atoms with Crippen LogP contribution < -0.4 is 0 Å². The maximum atomic E-state index is 2.39. The minimum Gasteiger partial charge on any atom is -0.210 e. The van der Waals surface area contributed by atoms with Gasteiger partial charge in [0.25, 0.3) is 0 Å². The van der Waals surface area contributed by atoms with Crippen molar-refractivity contribution >= 4 is 45.5 Å². The summed E-state index contributed by atoms with van der Waals surface area (Å²) < 4.78 is 0. The SMILES string of the molecule is CCC(C)c1cc[c-](C(C)CC)c1C(C)CC.CCC(C)c1cc[c-](C(C)CC)c1C(C)CC.[Sr+2]. The number of hydrogen-bond donors (Lipinski definition) is 0. The van der Waals surface area contributed by atoms with Crippen LogP contribution in [0.1, 0.15) is 190 Å². The van der Waals surface area contributed by atoms with Crippen LogP contribution in [-0.2, 0) is 0 Å². The second kappa shape index (κ2) is 17.6. The van der Waals surface area contributed by atoms with Gasteiger partial charge in [0.1, 0.15) is 0 Å². The summed E-state index contributed by atoms with van der Waals surface area (Å²) in [6.07, 6.45) is 7.47. The molecule has 0 nitrogen and oxygen atoms in total. The fraction of sp³-hybridized carbons (Fsp3) is 0.706. The third kappa shape index (κ3) is 9.15. The Hall–Kier alpha value is 0.181. The van der Waals surface area contributed by atoms with Crippen LogP contribution in [0.3, 0.4) is 0 Å². The maximum absolute atomic E-state index is 2.39. The Balaban J connectivity index is 0.000000642. The van der Waals surface area contributed by atoms with E-state index in [1.165, 1.54) is 38.5 Å². The summed E-state index contributed by atoms with van der Waals surface area (Å²) in [5.41, 5.74) is 9.76. The van der Waals surface area contributed by atoms with Crippen molar-refractivity contribution < 1.29 is 0 Å². The van der Waals surface area contributed by atoms with E-state index in [9.17, 15) is 0 Å². The zero-order chi connectivity index (χ0) is 26.0. The Morgan fingerprint density at radius 2 is 0.771 bits per heavy atom. The van der Waals surface area contributed by atoms with Crippen molar-refractivity contribution in [3.8, 4) is 0 Å². The molecule has 0 bridgehead atoms. The molecule has 0 spiro atoms. The van der Waals surface area contributed by atoms with E-state index in [0.717, 1.165) is 0 Å². The van der Waals surface area contributed by atoms with E-state index in [0.29, 0.717) is 35.5 Å². The summed E-state index contributed by atoms with van der Waals surface area (Å²) in [7, 11) is 0. The van der Waals surface area contributed by atoms with Crippen molar-refractivity contribution in [3.63, 3.8) is 0 Å². The van der Waals surface area contributed by atoms with Crippen molar-refractivity contribution in [1.29, 1.82) is 0 Å². The number of rotatable bonds is 12. The maximum Gasteiger partial charge on any atom is 2.00 e. The summed E-state index contributed by atoms with van der Waals surface area (Å²) in [6.45, 7) is 28.0. The van der Waals surface area contributed by atoms with Crippen molar-refractivity contribution in [2.45, 2.75) is 157 Å². The molecule has 6 unspecified atom stereocenters. The molecular formula is C34H58Sr. The van der Waals surface area contributed by atoms with Crippen LogP contribution in [0.15, 0.2) is 24.3 Å². The Kier molecular flexibility index (Phi) is 17.7. The first-order chi connectivity index (χ1) is 16.1. The molecule has 6 atom stereocenters. The predicted molar refractivity (Wildman–Crippen MR) is 162 cm³/mol. The topological polar surface area (TPSA) is 0 Å². The zero-order valence-electron chi connectivity index (χ0n) is 25.7. The molecule has 0 aromatic heterocycles. The first kappa shape index (κ1) is 35.2. The average molecular weight is 554 g/mol. The Labute approximate surface area is 258 Å². The molecule has 2 aromatic rings. The van der Waals surface area contributed by atoms with E-state index in [1.54, 1.807) is 33.4 Å². The zero-order valence-corrected chi connectivity index (χ0v) is 29.2. The predicted octanol–water partition coefficient (Wildman–Crippen LogP) is 11.5. The van der Waals surface area contributed by atoms with Gasteiger partial charge in [-0.15, -0.1) is 0 Å². The van der Waals surface area contributed by atoms with Crippen LogP contribution in [0.2, 0.25) is 0 Å². The fourth-order valence-corrected chi connectivity index (χ4v) is 5.20. The standard InChI is InChI=1S/2C17H29.Sr/c2*1-7-12(4)15-10-11-16(13(5)8-2)17(15)14(6)9-3;/h2*10-14H,7-9H2,1-6H3;/q2*-1;+2. The van der Waals surface area contributed by atoms with Gasteiger partial charge in [0.05, 0.1) is 0 Å². The van der Waals surface area contributed by atoms with Gasteiger partial charge in [0.15, 0.2) is 0 Å². The van der Waals surface area contributed by atoms with E-state index in [2.05, 4.69) is 107 Å². The minimum absolute atomic E-state index is 0. The molecule has 0 aliphatic carbocycles. The first-order valence-electron chi connectivity index (χ1n) is 14.7. The Bertz CT molecular complexity index is 683. The minimum atomic E-state index is 0. The van der Waals surface area contributed by atoms with Gasteiger partial charge in [0.2, 0.25) is 0 Å². The molecule has 35 heavy (non-hydrogen) atoms. The average Bonchev–Trinajstić information content (AvgIpc) is 3.51. The summed E-state index contributed by atoms with van der Waals surface area (Å²) in [4.78, 5) is 0. The molecule has 0 saturated heterocycles. The van der Waals surface area contributed by atoms with Crippen LogP contribution >= 0.6 is 0 Å². The quantitative estimate of drug-likeness (QED) is 0.181. The molecule has 0 aliphatic rings. The van der Waals surface area contributed by atoms with Gasteiger partial charge in [0, 0.05) is 0 Å². The molecule has 0 saturated carbocycles. The van der Waals surface area contributed by atoms with E-state index in [4.69, 9.17) is 0 Å². The van der Waals surface area contributed by atoms with Crippen molar-refractivity contribution in [2.75, 3.05) is 0 Å². The van der Waals surface area contributed by atoms with Crippen molar-refractivity contribution in [3.05, 3.63) is 57.6 Å². The Morgan fingerprint density at radius 3 is 1.00 bits per heavy atom. The molecule has 0 fully saturated rings. The van der Waals surface area contributed by atoms with E-state index in [-0.39, 0.29) is 45.5 Å². The van der Waals surface area contributed by atoms with E-state index < -0.39 is 0 Å². The van der Waals surface area contributed by atoms with Crippen LogP contribution in [-0.4, -0.2) is 45.5 Å². The van der Waals surface area contributed by atoms with Gasteiger partial charge in [-0.3, -0.25) is 0 Å². The molecule has 2 rings (SSSR count). The van der Waals surface area contributed by atoms with Crippen LogP contribution in [0.5, 0.6) is 0 Å². The fourth-order valence-electron chi connectivity index (χ4n) is 5.20. The van der Waals surface area contributed by atoms with Gasteiger partial charge in [-0.1, -0.05) is 145 Å². The molecular weight excluding hydrogens is 496 g/mol. The molecule has 0 N–H and O–H groups in total. The van der Waals surface area contributed by atoms with Gasteiger partial charge < -0.3 is 0 Å². The van der Waals surface area contributed by atoms with Crippen molar-refractivity contribution in [1.82, 2.24) is 0 Å². The first-order valence-corrected chi connectivity index (χ1v) is 14.7. The normalized spacial score (nSPS) is 16.3. The van der Waals surface area contributed by atoms with Gasteiger partial charge in [-0.25, -0.2) is 12.1 Å². The van der Waals surface area contributed by atoms with Gasteiger partial charge in [-0.2, -0.15) is 45.5 Å². The summed E-state index contributed by atoms with van der Waals surface area (Å²) in [6, 6.07) is 9.54. The smallest absolute Gasteiger partial charge is 0.210 e. The third-order valence-electron chi connectivity index (χ3n) is 8.91. The van der Waals surface area contributed by atoms with Crippen LogP contribution in [0, 0.1) is 0 Å². The van der Waals surface area contributed by atoms with Gasteiger partial charge in [-0.05, 0) is 11.8 Å². The molecule has 0 heterocycles. The van der Waals surface area contributed by atoms with Crippen LogP contribution in [0.25, 0.3) is 0 Å². The van der Waals surface area contributed by atoms with E-state index in [1.807, 2.05) is 0 Å².